The number of hydrogen-bond donors (Lipinski definition) is 1. The monoisotopic (exact) mass is 322 g/mol. The van der Waals surface area contributed by atoms with Gasteiger partial charge in [0, 0.05) is 29.9 Å². The summed E-state index contributed by atoms with van der Waals surface area (Å²) in [6, 6.07) is 8.92. The molecule has 0 amide bonds. The third-order valence-electron chi connectivity index (χ3n) is 6.52. The first-order valence-electron chi connectivity index (χ1n) is 8.82. The molecule has 4 heteroatoms. The summed E-state index contributed by atoms with van der Waals surface area (Å²) in [7, 11) is 1.50. The second-order valence-corrected chi connectivity index (χ2v) is 7.24. The number of rotatable bonds is 1. The first-order chi connectivity index (χ1) is 11.7. The normalized spacial score (nSPS) is 34.8. The number of fused-ring (bicyclic) bond motifs is 2. The summed E-state index contributed by atoms with van der Waals surface area (Å²) < 4.78 is 5.21. The predicted molar refractivity (Wildman–Crippen MR) is 92.6 cm³/mol. The van der Waals surface area contributed by atoms with Crippen LogP contribution in [-0.4, -0.2) is 37.1 Å². The SMILES string of the molecule is C/C=C1/[C@@H]2CCN3CC[C@@]4(C(=C2C(=O)OC)Nc2ccccc24)[C@@H]13. The number of carbonyl (C=O) groups is 1. The maximum atomic E-state index is 12.7. The van der Waals surface area contributed by atoms with Crippen LogP contribution in [0.15, 0.2) is 47.2 Å². The molecule has 5 rings (SSSR count). The topological polar surface area (TPSA) is 41.6 Å². The van der Waals surface area contributed by atoms with Crippen LogP contribution < -0.4 is 5.32 Å². The number of para-hydroxylation sites is 1. The zero-order chi connectivity index (χ0) is 16.5. The van der Waals surface area contributed by atoms with Gasteiger partial charge in [-0.3, -0.25) is 4.90 Å². The van der Waals surface area contributed by atoms with Crippen molar-refractivity contribution in [3.63, 3.8) is 0 Å². The molecule has 0 radical (unpaired) electrons. The quantitative estimate of drug-likeness (QED) is 0.638. The summed E-state index contributed by atoms with van der Waals surface area (Å²) in [5.41, 5.74) is 5.76. The summed E-state index contributed by atoms with van der Waals surface area (Å²) in [5.74, 6) is 0.0135. The number of hydrogen-bond acceptors (Lipinski definition) is 4. The van der Waals surface area contributed by atoms with Crippen LogP contribution >= 0.6 is 0 Å². The fourth-order valence-electron chi connectivity index (χ4n) is 5.70. The van der Waals surface area contributed by atoms with Crippen LogP contribution in [0.5, 0.6) is 0 Å². The number of ether oxygens (including phenoxy) is 1. The third-order valence-corrected chi connectivity index (χ3v) is 6.52. The van der Waals surface area contributed by atoms with E-state index in [4.69, 9.17) is 4.74 Å². The van der Waals surface area contributed by atoms with Crippen molar-refractivity contribution in [3.05, 3.63) is 52.7 Å². The number of carbonyl (C=O) groups excluding carboxylic acids is 1. The van der Waals surface area contributed by atoms with E-state index in [1.165, 1.54) is 18.2 Å². The zero-order valence-corrected chi connectivity index (χ0v) is 14.1. The van der Waals surface area contributed by atoms with Gasteiger partial charge in [-0.1, -0.05) is 24.3 Å². The van der Waals surface area contributed by atoms with Crippen LogP contribution in [0.3, 0.4) is 0 Å². The molecular weight excluding hydrogens is 300 g/mol. The van der Waals surface area contributed by atoms with E-state index < -0.39 is 0 Å². The Hall–Kier alpha value is -2.07. The average molecular weight is 322 g/mol. The van der Waals surface area contributed by atoms with Gasteiger partial charge in [0.15, 0.2) is 0 Å². The number of benzene rings is 1. The Kier molecular flexibility index (Phi) is 2.82. The fourth-order valence-corrected chi connectivity index (χ4v) is 5.70. The van der Waals surface area contributed by atoms with E-state index in [0.717, 1.165) is 42.9 Å². The van der Waals surface area contributed by atoms with Crippen molar-refractivity contribution >= 4 is 11.7 Å². The van der Waals surface area contributed by atoms with E-state index in [1.807, 2.05) is 0 Å². The number of nitrogens with one attached hydrogen (secondary N) is 1. The number of anilines is 1. The van der Waals surface area contributed by atoms with Crippen LogP contribution in [0.2, 0.25) is 0 Å². The Morgan fingerprint density at radius 3 is 3.00 bits per heavy atom. The van der Waals surface area contributed by atoms with Gasteiger partial charge < -0.3 is 10.1 Å². The lowest BCUT2D eigenvalue weighted by Gasteiger charge is -2.49. The zero-order valence-electron chi connectivity index (χ0n) is 14.1. The molecule has 0 aromatic heterocycles. The van der Waals surface area contributed by atoms with E-state index in [-0.39, 0.29) is 17.3 Å². The Morgan fingerprint density at radius 2 is 2.21 bits per heavy atom. The molecular formula is C20H22N2O2. The van der Waals surface area contributed by atoms with Crippen molar-refractivity contribution < 1.29 is 9.53 Å². The number of allylic oxidation sites excluding steroid dienone is 1. The van der Waals surface area contributed by atoms with Gasteiger partial charge >= 0.3 is 5.97 Å². The van der Waals surface area contributed by atoms with Crippen molar-refractivity contribution in [2.75, 3.05) is 25.5 Å². The number of nitrogens with zero attached hydrogens (tertiary/aromatic N) is 1. The molecule has 1 spiro atoms. The first-order valence-corrected chi connectivity index (χ1v) is 8.82. The Morgan fingerprint density at radius 1 is 1.38 bits per heavy atom. The second kappa shape index (κ2) is 4.73. The summed E-state index contributed by atoms with van der Waals surface area (Å²) in [4.78, 5) is 15.3. The van der Waals surface area contributed by atoms with Crippen LogP contribution in [0.25, 0.3) is 0 Å². The first kappa shape index (κ1) is 14.3. The van der Waals surface area contributed by atoms with Crippen molar-refractivity contribution in [2.45, 2.75) is 31.2 Å². The standard InChI is InChI=1S/C20H22N2O2/c1-3-12-13-8-10-22-11-9-20(18(12)22)14-6-4-5-7-15(14)21-17(20)16(13)19(23)24-2/h3-7,13,18,21H,8-11H2,1-2H3/b12-3-/t13-,18+,20+/m0/s1. The Labute approximate surface area is 142 Å². The van der Waals surface area contributed by atoms with E-state index >= 15 is 0 Å². The van der Waals surface area contributed by atoms with Crippen molar-refractivity contribution in [1.29, 1.82) is 0 Å². The molecule has 4 nitrogen and oxygen atoms in total. The van der Waals surface area contributed by atoms with Crippen molar-refractivity contribution in [3.8, 4) is 0 Å². The molecule has 3 heterocycles. The van der Waals surface area contributed by atoms with Gasteiger partial charge in [-0.25, -0.2) is 4.79 Å². The summed E-state index contributed by atoms with van der Waals surface area (Å²) in [6.07, 6.45) is 4.30. The minimum absolute atomic E-state index is 0.112. The van der Waals surface area contributed by atoms with E-state index in [0.29, 0.717) is 6.04 Å². The molecule has 24 heavy (non-hydrogen) atoms. The number of esters is 1. The molecule has 3 aliphatic heterocycles. The highest BCUT2D eigenvalue weighted by atomic mass is 16.5. The van der Waals surface area contributed by atoms with Gasteiger partial charge in [0.2, 0.25) is 0 Å². The molecule has 2 fully saturated rings. The lowest BCUT2D eigenvalue weighted by atomic mass is 9.60. The van der Waals surface area contributed by atoms with Gasteiger partial charge in [-0.05, 0) is 43.5 Å². The van der Waals surface area contributed by atoms with Gasteiger partial charge in [0.25, 0.3) is 0 Å². The molecule has 1 N–H and O–H groups in total. The molecule has 3 atom stereocenters. The van der Waals surface area contributed by atoms with Gasteiger partial charge in [0.05, 0.1) is 18.1 Å². The lowest BCUT2D eigenvalue weighted by Crippen LogP contribution is -2.54. The molecule has 124 valence electrons. The molecule has 1 aromatic carbocycles. The van der Waals surface area contributed by atoms with E-state index in [9.17, 15) is 4.79 Å². The fraction of sp³-hybridized carbons (Fsp3) is 0.450. The third kappa shape index (κ3) is 1.46. The van der Waals surface area contributed by atoms with Crippen LogP contribution in [-0.2, 0) is 14.9 Å². The van der Waals surface area contributed by atoms with Crippen molar-refractivity contribution in [1.82, 2.24) is 4.90 Å². The molecule has 0 saturated carbocycles. The highest BCUT2D eigenvalue weighted by molar-refractivity contribution is 5.94. The largest absolute Gasteiger partial charge is 0.466 e. The predicted octanol–water partition coefficient (Wildman–Crippen LogP) is 2.83. The highest BCUT2D eigenvalue weighted by Crippen LogP contribution is 2.61. The summed E-state index contributed by atoms with van der Waals surface area (Å²) >= 11 is 0. The minimum atomic E-state index is -0.173. The van der Waals surface area contributed by atoms with Gasteiger partial charge in [-0.15, -0.1) is 0 Å². The Bertz CT molecular complexity index is 810. The lowest BCUT2D eigenvalue weighted by molar-refractivity contribution is -0.137. The number of piperidine rings is 1. The summed E-state index contributed by atoms with van der Waals surface area (Å²) in [5, 5.41) is 3.62. The van der Waals surface area contributed by atoms with Crippen LogP contribution in [0.1, 0.15) is 25.3 Å². The van der Waals surface area contributed by atoms with Crippen molar-refractivity contribution in [2.24, 2.45) is 5.92 Å². The van der Waals surface area contributed by atoms with Gasteiger partial charge in [0.1, 0.15) is 0 Å². The average Bonchev–Trinajstić information content (AvgIpc) is 3.17. The molecule has 4 aliphatic rings. The molecule has 0 unspecified atom stereocenters. The molecule has 2 saturated heterocycles. The smallest absolute Gasteiger partial charge is 0.336 e. The highest BCUT2D eigenvalue weighted by Gasteiger charge is 2.63. The maximum Gasteiger partial charge on any atom is 0.336 e. The molecule has 1 aliphatic carbocycles. The van der Waals surface area contributed by atoms with E-state index in [2.05, 4.69) is 47.5 Å². The van der Waals surface area contributed by atoms with Gasteiger partial charge in [-0.2, -0.15) is 0 Å². The maximum absolute atomic E-state index is 12.7. The molecule has 1 aromatic rings. The second-order valence-electron chi connectivity index (χ2n) is 7.24. The minimum Gasteiger partial charge on any atom is -0.466 e. The van der Waals surface area contributed by atoms with Crippen LogP contribution in [0, 0.1) is 5.92 Å². The van der Waals surface area contributed by atoms with Crippen LogP contribution in [0.4, 0.5) is 5.69 Å². The molecule has 2 bridgehead atoms. The Balaban J connectivity index is 1.86. The summed E-state index contributed by atoms with van der Waals surface area (Å²) in [6.45, 7) is 4.26. The number of methoxy groups -OCH3 is 1. The van der Waals surface area contributed by atoms with E-state index in [1.54, 1.807) is 0 Å².